The van der Waals surface area contributed by atoms with Crippen molar-refractivity contribution in [3.05, 3.63) is 59.7 Å². The van der Waals surface area contributed by atoms with Crippen molar-refractivity contribution in [3.63, 3.8) is 0 Å². The zero-order valence-electron chi connectivity index (χ0n) is 15.6. The van der Waals surface area contributed by atoms with Crippen molar-refractivity contribution in [2.24, 2.45) is 0 Å². The van der Waals surface area contributed by atoms with E-state index in [4.69, 9.17) is 4.74 Å². The lowest BCUT2D eigenvalue weighted by atomic mass is 9.97. The van der Waals surface area contributed by atoms with Crippen molar-refractivity contribution < 1.29 is 22.7 Å². The van der Waals surface area contributed by atoms with E-state index >= 15 is 0 Å². The van der Waals surface area contributed by atoms with Gasteiger partial charge in [-0.2, -0.15) is 0 Å². The van der Waals surface area contributed by atoms with Crippen LogP contribution in [0.15, 0.2) is 53.4 Å². The van der Waals surface area contributed by atoms with Gasteiger partial charge in [0.2, 0.25) is 0 Å². The van der Waals surface area contributed by atoms with Gasteiger partial charge < -0.3 is 10.1 Å². The standard InChI is InChI=1S/C20H23NO5S/c1-4-14(2)15-9-5-7-11-17(15)21-19(22)13-26-20(23)16-10-6-8-12-18(16)27(3,24)25/h5-12,14H,4,13H2,1-3H3,(H,21,22)/t14-/m0/s1. The van der Waals surface area contributed by atoms with Crippen molar-refractivity contribution in [3.8, 4) is 0 Å². The Bertz CT molecular complexity index is 937. The predicted octanol–water partition coefficient (Wildman–Crippen LogP) is 3.40. The van der Waals surface area contributed by atoms with Gasteiger partial charge in [-0.25, -0.2) is 13.2 Å². The van der Waals surface area contributed by atoms with Crippen LogP contribution in [0.25, 0.3) is 0 Å². The molecule has 0 unspecified atom stereocenters. The van der Waals surface area contributed by atoms with E-state index in [0.29, 0.717) is 5.69 Å². The Labute approximate surface area is 159 Å². The van der Waals surface area contributed by atoms with Crippen LogP contribution in [0.1, 0.15) is 42.1 Å². The Balaban J connectivity index is 2.07. The van der Waals surface area contributed by atoms with Crippen LogP contribution in [0.3, 0.4) is 0 Å². The summed E-state index contributed by atoms with van der Waals surface area (Å²) in [5, 5.41) is 2.74. The molecule has 1 atom stereocenters. The second kappa shape index (κ2) is 8.81. The van der Waals surface area contributed by atoms with Crippen LogP contribution in [0.4, 0.5) is 5.69 Å². The van der Waals surface area contributed by atoms with Crippen molar-refractivity contribution in [2.75, 3.05) is 18.2 Å². The van der Waals surface area contributed by atoms with Crippen molar-refractivity contribution in [1.29, 1.82) is 0 Å². The first-order valence-electron chi connectivity index (χ1n) is 8.59. The quantitative estimate of drug-likeness (QED) is 0.733. The first kappa shape index (κ1) is 20.6. The highest BCUT2D eigenvalue weighted by atomic mass is 32.2. The topological polar surface area (TPSA) is 89.5 Å². The van der Waals surface area contributed by atoms with Crippen LogP contribution < -0.4 is 5.32 Å². The molecule has 0 saturated heterocycles. The molecular weight excluding hydrogens is 366 g/mol. The van der Waals surface area contributed by atoms with E-state index in [1.54, 1.807) is 6.07 Å². The Morgan fingerprint density at radius 2 is 1.70 bits per heavy atom. The molecular formula is C20H23NO5S. The number of benzene rings is 2. The number of rotatable bonds is 7. The molecule has 144 valence electrons. The molecule has 0 fully saturated rings. The summed E-state index contributed by atoms with van der Waals surface area (Å²) in [6.07, 6.45) is 1.93. The maximum Gasteiger partial charge on any atom is 0.339 e. The highest BCUT2D eigenvalue weighted by Crippen LogP contribution is 2.26. The fourth-order valence-corrected chi connectivity index (χ4v) is 3.49. The zero-order chi connectivity index (χ0) is 20.0. The van der Waals surface area contributed by atoms with Gasteiger partial charge in [0.25, 0.3) is 5.91 Å². The van der Waals surface area contributed by atoms with Crippen LogP contribution >= 0.6 is 0 Å². The van der Waals surface area contributed by atoms with Gasteiger partial charge in [0.15, 0.2) is 16.4 Å². The molecule has 1 N–H and O–H groups in total. The molecule has 0 aliphatic heterocycles. The van der Waals surface area contributed by atoms with Gasteiger partial charge in [-0.05, 0) is 36.1 Å². The molecule has 0 heterocycles. The van der Waals surface area contributed by atoms with Gasteiger partial charge in [0, 0.05) is 11.9 Å². The predicted molar refractivity (Wildman–Crippen MR) is 104 cm³/mol. The third kappa shape index (κ3) is 5.40. The molecule has 1 amide bonds. The summed E-state index contributed by atoms with van der Waals surface area (Å²) in [6, 6.07) is 13.2. The smallest absolute Gasteiger partial charge is 0.339 e. The van der Waals surface area contributed by atoms with E-state index in [0.717, 1.165) is 18.2 Å². The van der Waals surface area contributed by atoms with Crippen molar-refractivity contribution >= 4 is 27.4 Å². The third-order valence-electron chi connectivity index (χ3n) is 4.22. The lowest BCUT2D eigenvalue weighted by Crippen LogP contribution is -2.22. The summed E-state index contributed by atoms with van der Waals surface area (Å²) in [5.41, 5.74) is 1.58. The monoisotopic (exact) mass is 389 g/mol. The Morgan fingerprint density at radius 3 is 2.37 bits per heavy atom. The highest BCUT2D eigenvalue weighted by Gasteiger charge is 2.20. The van der Waals surface area contributed by atoms with E-state index in [1.807, 2.05) is 18.2 Å². The van der Waals surface area contributed by atoms with Crippen molar-refractivity contribution in [1.82, 2.24) is 0 Å². The molecule has 0 saturated carbocycles. The number of carbonyl (C=O) groups excluding carboxylic acids is 2. The number of carbonyl (C=O) groups is 2. The van der Waals surface area contributed by atoms with Gasteiger partial charge in [0.05, 0.1) is 10.5 Å². The number of ether oxygens (including phenoxy) is 1. The number of hydrogen-bond donors (Lipinski definition) is 1. The molecule has 2 aromatic carbocycles. The molecule has 27 heavy (non-hydrogen) atoms. The maximum atomic E-state index is 12.2. The minimum Gasteiger partial charge on any atom is -0.452 e. The molecule has 0 spiro atoms. The average Bonchev–Trinajstić information content (AvgIpc) is 2.65. The summed E-state index contributed by atoms with van der Waals surface area (Å²) in [5.74, 6) is -1.08. The SMILES string of the molecule is CC[C@H](C)c1ccccc1NC(=O)COC(=O)c1ccccc1S(C)(=O)=O. The molecule has 6 nitrogen and oxygen atoms in total. The molecule has 0 aromatic heterocycles. The number of hydrogen-bond acceptors (Lipinski definition) is 5. The lowest BCUT2D eigenvalue weighted by Gasteiger charge is -2.15. The number of esters is 1. The highest BCUT2D eigenvalue weighted by molar-refractivity contribution is 7.90. The molecule has 0 aliphatic rings. The summed E-state index contributed by atoms with van der Waals surface area (Å²) in [7, 11) is -3.59. The molecule has 0 aliphatic carbocycles. The second-order valence-electron chi connectivity index (χ2n) is 6.29. The van der Waals surface area contributed by atoms with E-state index < -0.39 is 28.3 Å². The van der Waals surface area contributed by atoms with Gasteiger partial charge in [-0.1, -0.05) is 44.2 Å². The third-order valence-corrected chi connectivity index (χ3v) is 5.37. The molecule has 7 heteroatoms. The van der Waals surface area contributed by atoms with Gasteiger partial charge in [-0.15, -0.1) is 0 Å². The Kier molecular flexibility index (Phi) is 6.74. The van der Waals surface area contributed by atoms with Crippen molar-refractivity contribution in [2.45, 2.75) is 31.1 Å². The molecule has 0 bridgehead atoms. The van der Waals surface area contributed by atoms with Crippen LogP contribution in [0.2, 0.25) is 0 Å². The summed E-state index contributed by atoms with van der Waals surface area (Å²) >= 11 is 0. The van der Waals surface area contributed by atoms with E-state index in [1.165, 1.54) is 24.3 Å². The first-order chi connectivity index (χ1) is 12.7. The summed E-state index contributed by atoms with van der Waals surface area (Å²) < 4.78 is 28.6. The molecule has 2 aromatic rings. The maximum absolute atomic E-state index is 12.2. The van der Waals surface area contributed by atoms with Gasteiger partial charge in [0.1, 0.15) is 0 Å². The number of nitrogens with one attached hydrogen (secondary N) is 1. The largest absolute Gasteiger partial charge is 0.452 e. The Morgan fingerprint density at radius 1 is 1.07 bits per heavy atom. The number of anilines is 1. The normalized spacial score (nSPS) is 12.3. The number of para-hydroxylation sites is 1. The fourth-order valence-electron chi connectivity index (χ4n) is 2.61. The average molecular weight is 389 g/mol. The lowest BCUT2D eigenvalue weighted by molar-refractivity contribution is -0.119. The van der Waals surface area contributed by atoms with Crippen LogP contribution in [-0.2, 0) is 19.4 Å². The van der Waals surface area contributed by atoms with E-state index in [2.05, 4.69) is 19.2 Å². The number of amides is 1. The second-order valence-corrected chi connectivity index (χ2v) is 8.27. The van der Waals surface area contributed by atoms with E-state index in [-0.39, 0.29) is 16.4 Å². The summed E-state index contributed by atoms with van der Waals surface area (Å²) in [4.78, 5) is 24.3. The van der Waals surface area contributed by atoms with Crippen LogP contribution in [0.5, 0.6) is 0 Å². The zero-order valence-corrected chi connectivity index (χ0v) is 16.4. The summed E-state index contributed by atoms with van der Waals surface area (Å²) in [6.45, 7) is 3.61. The minimum atomic E-state index is -3.59. The van der Waals surface area contributed by atoms with Gasteiger partial charge >= 0.3 is 5.97 Å². The van der Waals surface area contributed by atoms with Gasteiger partial charge in [-0.3, -0.25) is 4.79 Å². The minimum absolute atomic E-state index is 0.0900. The first-order valence-corrected chi connectivity index (χ1v) is 10.5. The van der Waals surface area contributed by atoms with Crippen LogP contribution in [-0.4, -0.2) is 33.2 Å². The number of sulfone groups is 1. The molecule has 0 radical (unpaired) electrons. The van der Waals surface area contributed by atoms with E-state index in [9.17, 15) is 18.0 Å². The Hall–Kier alpha value is -2.67. The van der Waals surface area contributed by atoms with Crippen LogP contribution in [0, 0.1) is 0 Å². The molecule has 2 rings (SSSR count). The fraction of sp³-hybridized carbons (Fsp3) is 0.300.